The van der Waals surface area contributed by atoms with Gasteiger partial charge in [-0.25, -0.2) is 9.59 Å². The lowest BCUT2D eigenvalue weighted by molar-refractivity contribution is -0.146. The molecule has 6 aromatic carbocycles. The number of carbonyl (C=O) groups is 2. The molecule has 0 spiro atoms. The van der Waals surface area contributed by atoms with Crippen molar-refractivity contribution >= 4 is 11.9 Å². The number of aromatic hydroxyl groups is 4. The second-order valence-corrected chi connectivity index (χ2v) is 29.6. The van der Waals surface area contributed by atoms with Crippen LogP contribution in [0.4, 0.5) is 0 Å². The molecule has 10 nitrogen and oxygen atoms in total. The van der Waals surface area contributed by atoms with Crippen LogP contribution in [0.3, 0.4) is 0 Å². The highest BCUT2D eigenvalue weighted by molar-refractivity contribution is 5.72. The summed E-state index contributed by atoms with van der Waals surface area (Å²) in [6.45, 7) is 41.8. The van der Waals surface area contributed by atoms with Crippen LogP contribution in [0.15, 0.2) is 72.8 Å². The number of phenolic OH excluding ortho intramolecular Hbond substituents is 4. The van der Waals surface area contributed by atoms with E-state index in [0.29, 0.717) is 56.0 Å². The fraction of sp³-hybridized carbons (Fsp3) is 0.486. The number of esters is 2. The SMILES string of the molecule is CCOC(=O)COc1c2cc(C(C)(C)C)cc1Cc1cc(C(C)(C)C)cc(c1O)Cc1cc(C(C)(C)C)cc(c1O)Cc1cc(C(C)(C)C)cc(c1OCC(=O)OCC)Cc1cc(C(C)(C)C)cc(c1O)Cc1cc(C(C)(C)C)cc(c1O)C2. The third kappa shape index (κ3) is 15.1. The van der Waals surface area contributed by atoms with E-state index in [1.807, 2.05) is 24.3 Å². The smallest absolute Gasteiger partial charge is 0.344 e. The van der Waals surface area contributed by atoms with Gasteiger partial charge in [-0.15, -0.1) is 0 Å². The van der Waals surface area contributed by atoms with E-state index in [0.717, 1.165) is 55.6 Å². The van der Waals surface area contributed by atoms with Gasteiger partial charge in [0.2, 0.25) is 0 Å². The number of benzene rings is 6. The lowest BCUT2D eigenvalue weighted by Crippen LogP contribution is -2.19. The summed E-state index contributed by atoms with van der Waals surface area (Å²) >= 11 is 0. The first-order valence-electron chi connectivity index (χ1n) is 30.1. The van der Waals surface area contributed by atoms with Crippen LogP contribution in [0.1, 0.15) is 239 Å². The first kappa shape index (κ1) is 64.6. The zero-order chi connectivity index (χ0) is 62.4. The highest BCUT2D eigenvalue weighted by atomic mass is 16.6. The lowest BCUT2D eigenvalue weighted by atomic mass is 9.79. The summed E-state index contributed by atoms with van der Waals surface area (Å²) < 4.78 is 24.2. The van der Waals surface area contributed by atoms with Crippen LogP contribution < -0.4 is 9.47 Å². The quantitative estimate of drug-likeness (QED) is 0.108. The molecule has 4 N–H and O–H groups in total. The van der Waals surface area contributed by atoms with Crippen molar-refractivity contribution in [2.24, 2.45) is 0 Å². The van der Waals surface area contributed by atoms with Crippen molar-refractivity contribution in [3.63, 3.8) is 0 Å². The second kappa shape index (κ2) is 24.2. The van der Waals surface area contributed by atoms with Crippen molar-refractivity contribution in [3.05, 3.63) is 173 Å². The van der Waals surface area contributed by atoms with Gasteiger partial charge in [0.1, 0.15) is 34.5 Å². The number of rotatable bonds is 8. The standard InChI is InChI=1S/C74H96O10/c1-21-81-61(75)41-83-67-51-25-47-33-55(69(3,4)5)29-43(63(47)77)23-45-31-57(71(9,10)11)35-49(65(45)79)27-53-39-60(74(18,19)20)40-54(68(53)84-42-62(76)82-22-2)28-50-36-58(72(12,13)14)32-46(66(50)80)24-44-30-56(70(6,7)8)34-48(64(44)78)26-52(67)38-59(37-51)73(15,16)17/h29-40,77-80H,21-28,41-42H2,1-20H3. The van der Waals surface area contributed by atoms with Crippen molar-refractivity contribution in [3.8, 4) is 34.5 Å². The molecule has 0 saturated heterocycles. The van der Waals surface area contributed by atoms with Crippen molar-refractivity contribution in [2.75, 3.05) is 26.4 Å². The van der Waals surface area contributed by atoms with Gasteiger partial charge >= 0.3 is 11.9 Å². The first-order chi connectivity index (χ1) is 38.8. The Morgan fingerprint density at radius 1 is 0.310 bits per heavy atom. The molecule has 7 rings (SSSR count). The molecule has 0 heterocycles. The van der Waals surface area contributed by atoms with Crippen LogP contribution >= 0.6 is 0 Å². The predicted octanol–water partition coefficient (Wildman–Crippen LogP) is 16.0. The highest BCUT2D eigenvalue weighted by Gasteiger charge is 2.31. The Balaban J connectivity index is 1.64. The van der Waals surface area contributed by atoms with Gasteiger partial charge in [0.25, 0.3) is 0 Å². The minimum Gasteiger partial charge on any atom is -0.507 e. The maximum absolute atomic E-state index is 13.3. The molecule has 0 atom stereocenters. The minimum atomic E-state index is -0.524. The monoisotopic (exact) mass is 1140 g/mol. The van der Waals surface area contributed by atoms with Crippen LogP contribution in [0, 0.1) is 0 Å². The third-order valence-electron chi connectivity index (χ3n) is 16.3. The molecule has 0 amide bonds. The normalized spacial score (nSPS) is 13.7. The molecule has 0 radical (unpaired) electrons. The van der Waals surface area contributed by atoms with Gasteiger partial charge in [0, 0.05) is 38.5 Å². The largest absolute Gasteiger partial charge is 0.507 e. The van der Waals surface area contributed by atoms with Gasteiger partial charge in [0.05, 0.1) is 13.2 Å². The van der Waals surface area contributed by atoms with Crippen molar-refractivity contribution in [2.45, 2.75) is 209 Å². The van der Waals surface area contributed by atoms with Crippen LogP contribution in [-0.2, 0) is 90.1 Å². The Hall–Kier alpha value is -6.94. The van der Waals surface area contributed by atoms with Crippen molar-refractivity contribution < 1.29 is 49.0 Å². The number of ether oxygens (including phenoxy) is 4. The summed E-state index contributed by atoms with van der Waals surface area (Å²) in [4.78, 5) is 26.6. The van der Waals surface area contributed by atoms with Crippen molar-refractivity contribution in [1.29, 1.82) is 0 Å². The average molecular weight is 1150 g/mol. The lowest BCUT2D eigenvalue weighted by Gasteiger charge is -2.27. The highest BCUT2D eigenvalue weighted by Crippen LogP contribution is 2.45. The van der Waals surface area contributed by atoms with Crippen LogP contribution in [0.25, 0.3) is 0 Å². The Morgan fingerprint density at radius 2 is 0.464 bits per heavy atom. The second-order valence-electron chi connectivity index (χ2n) is 29.6. The van der Waals surface area contributed by atoms with Gasteiger partial charge < -0.3 is 39.4 Å². The van der Waals surface area contributed by atoms with Crippen LogP contribution in [-0.4, -0.2) is 58.8 Å². The molecule has 84 heavy (non-hydrogen) atoms. The Kier molecular flexibility index (Phi) is 18.6. The average Bonchev–Trinajstić information content (AvgIpc) is 2.47. The van der Waals surface area contributed by atoms with Crippen molar-refractivity contribution in [1.82, 2.24) is 0 Å². The van der Waals surface area contributed by atoms with Crippen LogP contribution in [0.2, 0.25) is 0 Å². The van der Waals surface area contributed by atoms with Gasteiger partial charge in [-0.05, 0) is 146 Å². The number of phenols is 4. The molecule has 1 aliphatic rings. The molecule has 10 heteroatoms. The zero-order valence-electron chi connectivity index (χ0n) is 54.2. The third-order valence-corrected chi connectivity index (χ3v) is 16.3. The Labute approximate surface area is 502 Å². The van der Waals surface area contributed by atoms with Gasteiger partial charge in [-0.3, -0.25) is 0 Å². The topological polar surface area (TPSA) is 152 Å². The van der Waals surface area contributed by atoms with E-state index < -0.39 is 11.9 Å². The zero-order valence-corrected chi connectivity index (χ0v) is 54.2. The van der Waals surface area contributed by atoms with Gasteiger partial charge in [-0.2, -0.15) is 0 Å². The summed E-state index contributed by atoms with van der Waals surface area (Å²) in [5.74, 6) is 0.189. The van der Waals surface area contributed by atoms with Gasteiger partial charge in [-0.1, -0.05) is 197 Å². The molecule has 0 aliphatic heterocycles. The molecule has 6 aromatic rings. The maximum atomic E-state index is 13.3. The van der Waals surface area contributed by atoms with E-state index >= 15 is 0 Å². The first-order valence-corrected chi connectivity index (χ1v) is 30.1. The molecular formula is C74H96O10. The van der Waals surface area contributed by atoms with Gasteiger partial charge in [0.15, 0.2) is 13.2 Å². The Bertz CT molecular complexity index is 3030. The summed E-state index contributed by atoms with van der Waals surface area (Å²) in [7, 11) is 0. The fourth-order valence-electron chi connectivity index (χ4n) is 11.0. The number of carbonyl (C=O) groups excluding carboxylic acids is 2. The van der Waals surface area contributed by atoms with E-state index in [9.17, 15) is 30.0 Å². The summed E-state index contributed by atoms with van der Waals surface area (Å²) in [5.41, 5.74) is 11.8. The molecule has 0 fully saturated rings. The molecule has 1 aliphatic carbocycles. The molecular weight excluding hydrogens is 1050 g/mol. The van der Waals surface area contributed by atoms with E-state index in [-0.39, 0.29) is 120 Å². The summed E-state index contributed by atoms with van der Waals surface area (Å²) in [5, 5.41) is 51.4. The predicted molar refractivity (Wildman–Crippen MR) is 339 cm³/mol. The van der Waals surface area contributed by atoms with E-state index in [4.69, 9.17) is 18.9 Å². The van der Waals surface area contributed by atoms with E-state index in [2.05, 4.69) is 173 Å². The molecule has 12 bridgehead atoms. The van der Waals surface area contributed by atoms with Crippen LogP contribution in [0.5, 0.6) is 34.5 Å². The molecule has 452 valence electrons. The minimum absolute atomic E-state index is 0.0806. The summed E-state index contributed by atoms with van der Waals surface area (Å²) in [6, 6.07) is 24.8. The number of fused-ring (bicyclic) bond motifs is 12. The van der Waals surface area contributed by atoms with E-state index in [1.165, 1.54) is 0 Å². The molecule has 0 unspecified atom stereocenters. The molecule has 0 saturated carbocycles. The Morgan fingerprint density at radius 3 is 0.619 bits per heavy atom. The number of hydrogen-bond donors (Lipinski definition) is 4. The number of hydrogen-bond acceptors (Lipinski definition) is 10. The van der Waals surface area contributed by atoms with E-state index in [1.54, 1.807) is 13.8 Å². The maximum Gasteiger partial charge on any atom is 0.344 e. The molecule has 0 aromatic heterocycles. The summed E-state index contributed by atoms with van der Waals surface area (Å²) in [6.07, 6.45) is 1.21. The fourth-order valence-corrected chi connectivity index (χ4v) is 11.0.